The molecule has 104 valence electrons. The van der Waals surface area contributed by atoms with E-state index >= 15 is 0 Å². The van der Waals surface area contributed by atoms with E-state index < -0.39 is 5.97 Å². The zero-order chi connectivity index (χ0) is 14.3. The molecule has 0 aliphatic carbocycles. The monoisotopic (exact) mass is 339 g/mol. The van der Waals surface area contributed by atoms with Gasteiger partial charge in [-0.1, -0.05) is 21.1 Å². The Morgan fingerprint density at radius 1 is 1.35 bits per heavy atom. The summed E-state index contributed by atoms with van der Waals surface area (Å²) >= 11 is 3.45. The van der Waals surface area contributed by atoms with Gasteiger partial charge in [0.25, 0.3) is 0 Å². The first kappa shape index (κ1) is 13.0. The van der Waals surface area contributed by atoms with E-state index in [1.54, 1.807) is 0 Å². The molecule has 2 aromatic rings. The quantitative estimate of drug-likeness (QED) is 0.905. The summed E-state index contributed by atoms with van der Waals surface area (Å²) in [5.74, 6) is -0.224. The zero-order valence-electron chi connectivity index (χ0n) is 10.5. The number of rotatable bonds is 2. The second kappa shape index (κ2) is 4.82. The van der Waals surface area contributed by atoms with Gasteiger partial charge in [-0.2, -0.15) is 0 Å². The summed E-state index contributed by atoms with van der Waals surface area (Å²) in [4.78, 5) is 10.9. The van der Waals surface area contributed by atoms with Gasteiger partial charge in [0.05, 0.1) is 5.56 Å². The van der Waals surface area contributed by atoms with E-state index in [1.807, 2.05) is 13.0 Å². The van der Waals surface area contributed by atoms with Gasteiger partial charge < -0.3 is 19.1 Å². The Morgan fingerprint density at radius 3 is 2.80 bits per heavy atom. The number of carboxylic acid groups (broad SMARTS) is 1. The lowest BCUT2D eigenvalue weighted by molar-refractivity contribution is 0.0652. The Morgan fingerprint density at radius 2 is 2.10 bits per heavy atom. The van der Waals surface area contributed by atoms with Crippen LogP contribution in [-0.4, -0.2) is 29.4 Å². The molecular formula is C13H10BrNO5. The van der Waals surface area contributed by atoms with E-state index in [0.717, 1.165) is 10.0 Å². The minimum absolute atomic E-state index is 0.218. The van der Waals surface area contributed by atoms with E-state index in [9.17, 15) is 4.79 Å². The Bertz CT molecular complexity index is 694. The zero-order valence-corrected chi connectivity index (χ0v) is 12.1. The number of benzene rings is 1. The van der Waals surface area contributed by atoms with Gasteiger partial charge in [-0.25, -0.2) is 4.79 Å². The minimum Gasteiger partial charge on any atom is -0.486 e. The van der Waals surface area contributed by atoms with Crippen molar-refractivity contribution in [3.8, 4) is 22.8 Å². The van der Waals surface area contributed by atoms with Gasteiger partial charge in [0, 0.05) is 10.5 Å². The molecule has 0 atom stereocenters. The normalized spacial score (nSPS) is 13.3. The lowest BCUT2D eigenvalue weighted by Gasteiger charge is -2.22. The number of fused-ring (bicyclic) bond motifs is 1. The van der Waals surface area contributed by atoms with Gasteiger partial charge in [0.1, 0.15) is 18.9 Å². The first-order valence-electron chi connectivity index (χ1n) is 5.87. The second-order valence-electron chi connectivity index (χ2n) is 4.26. The maximum Gasteiger partial charge on any atom is 0.374 e. The number of carboxylic acids is 1. The highest BCUT2D eigenvalue weighted by molar-refractivity contribution is 9.10. The lowest BCUT2D eigenvalue weighted by Crippen LogP contribution is -2.16. The lowest BCUT2D eigenvalue weighted by atomic mass is 10.0. The van der Waals surface area contributed by atoms with Crippen LogP contribution in [0.2, 0.25) is 0 Å². The van der Waals surface area contributed by atoms with Crippen LogP contribution in [0.25, 0.3) is 11.3 Å². The third-order valence-corrected chi connectivity index (χ3v) is 3.83. The first-order chi connectivity index (χ1) is 9.58. The fourth-order valence-electron chi connectivity index (χ4n) is 2.05. The van der Waals surface area contributed by atoms with Crippen LogP contribution in [0, 0.1) is 6.92 Å². The van der Waals surface area contributed by atoms with E-state index in [2.05, 4.69) is 21.1 Å². The summed E-state index contributed by atoms with van der Waals surface area (Å²) in [6.07, 6.45) is 0. The highest BCUT2D eigenvalue weighted by Crippen LogP contribution is 2.45. The summed E-state index contributed by atoms with van der Waals surface area (Å²) in [5.41, 5.74) is 1.95. The Hall–Kier alpha value is -2.02. The fourth-order valence-corrected chi connectivity index (χ4v) is 2.46. The number of nitrogens with zero attached hydrogens (tertiary/aromatic N) is 1. The van der Waals surface area contributed by atoms with Gasteiger partial charge in [0.2, 0.25) is 5.76 Å². The molecule has 1 N–H and O–H groups in total. The SMILES string of the molecule is Cc1c(Br)cc2c(c1-c1cc(C(=O)O)on1)OCCO2. The fraction of sp³-hybridized carbons (Fsp3) is 0.231. The predicted molar refractivity (Wildman–Crippen MR) is 72.3 cm³/mol. The molecule has 0 spiro atoms. The van der Waals surface area contributed by atoms with Crippen LogP contribution in [-0.2, 0) is 0 Å². The molecule has 3 rings (SSSR count). The van der Waals surface area contributed by atoms with Crippen molar-refractivity contribution in [1.82, 2.24) is 5.16 Å². The van der Waals surface area contributed by atoms with Crippen LogP contribution in [0.4, 0.5) is 0 Å². The summed E-state index contributed by atoms with van der Waals surface area (Å²) in [7, 11) is 0. The number of hydrogen-bond donors (Lipinski definition) is 1. The molecular weight excluding hydrogens is 330 g/mol. The first-order valence-corrected chi connectivity index (χ1v) is 6.66. The van der Waals surface area contributed by atoms with Gasteiger partial charge in [0.15, 0.2) is 11.5 Å². The molecule has 7 heteroatoms. The molecule has 1 aliphatic heterocycles. The molecule has 0 radical (unpaired) electrons. The van der Waals surface area contributed by atoms with Gasteiger partial charge >= 0.3 is 5.97 Å². The van der Waals surface area contributed by atoms with Crippen molar-refractivity contribution in [2.24, 2.45) is 0 Å². The van der Waals surface area contributed by atoms with Crippen molar-refractivity contribution in [3.05, 3.63) is 27.9 Å². The molecule has 0 bridgehead atoms. The standard InChI is InChI=1S/C13H10BrNO5/c1-6-7(14)4-9-12(19-3-2-18-9)11(6)8-5-10(13(16)17)20-15-8/h4-5H,2-3H2,1H3,(H,16,17). The average molecular weight is 340 g/mol. The number of aromatic carboxylic acids is 1. The largest absolute Gasteiger partial charge is 0.486 e. The maximum atomic E-state index is 10.9. The molecule has 0 fully saturated rings. The number of hydrogen-bond acceptors (Lipinski definition) is 5. The van der Waals surface area contributed by atoms with E-state index in [0.29, 0.717) is 36.0 Å². The second-order valence-corrected chi connectivity index (χ2v) is 5.12. The number of carbonyl (C=O) groups is 1. The van der Waals surface area contributed by atoms with Crippen LogP contribution in [0.1, 0.15) is 16.1 Å². The maximum absolute atomic E-state index is 10.9. The number of ether oxygens (including phenoxy) is 2. The highest BCUT2D eigenvalue weighted by atomic mass is 79.9. The summed E-state index contributed by atoms with van der Waals surface area (Å²) in [6, 6.07) is 3.20. The van der Waals surface area contributed by atoms with E-state index in [4.69, 9.17) is 19.1 Å². The average Bonchev–Trinajstić information content (AvgIpc) is 2.90. The van der Waals surface area contributed by atoms with Crippen LogP contribution in [0.15, 0.2) is 21.1 Å². The summed E-state index contributed by atoms with van der Waals surface area (Å²) < 4.78 is 16.8. The Kier molecular flexibility index (Phi) is 3.13. The third kappa shape index (κ3) is 2.03. The Balaban J connectivity index is 2.20. The van der Waals surface area contributed by atoms with Gasteiger partial charge in [-0.3, -0.25) is 0 Å². The molecule has 1 aromatic heterocycles. The van der Waals surface area contributed by atoms with Gasteiger partial charge in [-0.15, -0.1) is 0 Å². The number of halogens is 1. The van der Waals surface area contributed by atoms with Crippen molar-refractivity contribution in [3.63, 3.8) is 0 Å². The molecule has 0 saturated carbocycles. The molecule has 20 heavy (non-hydrogen) atoms. The van der Waals surface area contributed by atoms with Crippen molar-refractivity contribution in [2.45, 2.75) is 6.92 Å². The summed E-state index contributed by atoms with van der Waals surface area (Å²) in [5, 5.41) is 12.7. The third-order valence-electron chi connectivity index (χ3n) is 3.01. The Labute approximate surface area is 122 Å². The van der Waals surface area contributed by atoms with Crippen molar-refractivity contribution >= 4 is 21.9 Å². The van der Waals surface area contributed by atoms with Crippen molar-refractivity contribution < 1.29 is 23.9 Å². The summed E-state index contributed by atoms with van der Waals surface area (Å²) in [6.45, 7) is 2.79. The molecule has 2 heterocycles. The van der Waals surface area contributed by atoms with E-state index in [1.165, 1.54) is 6.07 Å². The molecule has 0 saturated heterocycles. The number of aromatic nitrogens is 1. The topological polar surface area (TPSA) is 81.8 Å². The molecule has 1 aliphatic rings. The van der Waals surface area contributed by atoms with Crippen LogP contribution < -0.4 is 9.47 Å². The molecule has 6 nitrogen and oxygen atoms in total. The molecule has 0 amide bonds. The van der Waals surface area contributed by atoms with Crippen LogP contribution in [0.5, 0.6) is 11.5 Å². The van der Waals surface area contributed by atoms with E-state index in [-0.39, 0.29) is 5.76 Å². The van der Waals surface area contributed by atoms with Crippen LogP contribution in [0.3, 0.4) is 0 Å². The van der Waals surface area contributed by atoms with Gasteiger partial charge in [-0.05, 0) is 18.6 Å². The predicted octanol–water partition coefficient (Wildman–Crippen LogP) is 2.88. The smallest absolute Gasteiger partial charge is 0.374 e. The van der Waals surface area contributed by atoms with Crippen LogP contribution >= 0.6 is 15.9 Å². The molecule has 1 aromatic carbocycles. The minimum atomic E-state index is -1.16. The van der Waals surface area contributed by atoms with Crippen molar-refractivity contribution in [2.75, 3.05) is 13.2 Å². The van der Waals surface area contributed by atoms with Crippen molar-refractivity contribution in [1.29, 1.82) is 0 Å². The highest BCUT2D eigenvalue weighted by Gasteiger charge is 2.24. The molecule has 0 unspecified atom stereocenters.